The number of aromatic nitrogens is 4. The lowest BCUT2D eigenvalue weighted by Crippen LogP contribution is -2.38. The van der Waals surface area contributed by atoms with E-state index >= 15 is 0 Å². The average molecular weight is 431 g/mol. The van der Waals surface area contributed by atoms with Crippen LogP contribution in [0.15, 0.2) is 24.3 Å². The lowest BCUT2D eigenvalue weighted by atomic mass is 10.3. The fourth-order valence-corrected chi connectivity index (χ4v) is 4.14. The SMILES string of the molecule is O=C(Nc1nc2ccccc2n1CCN1CCOCC1)c1nn2c(c1Cl)OCCC2. The predicted molar refractivity (Wildman–Crippen MR) is 112 cm³/mol. The highest BCUT2D eigenvalue weighted by Crippen LogP contribution is 2.31. The van der Waals surface area contributed by atoms with Gasteiger partial charge in [-0.3, -0.25) is 15.0 Å². The maximum Gasteiger partial charge on any atom is 0.280 e. The first-order valence-electron chi connectivity index (χ1n) is 10.2. The minimum absolute atomic E-state index is 0.153. The molecule has 0 atom stereocenters. The minimum atomic E-state index is -0.395. The van der Waals surface area contributed by atoms with Gasteiger partial charge in [-0.1, -0.05) is 23.7 Å². The summed E-state index contributed by atoms with van der Waals surface area (Å²) >= 11 is 6.37. The van der Waals surface area contributed by atoms with Crippen molar-refractivity contribution in [3.8, 4) is 5.88 Å². The summed E-state index contributed by atoms with van der Waals surface area (Å²) in [6, 6.07) is 7.85. The van der Waals surface area contributed by atoms with E-state index in [1.807, 2.05) is 28.8 Å². The number of aryl methyl sites for hydroxylation is 1. The van der Waals surface area contributed by atoms with Gasteiger partial charge in [-0.15, -0.1) is 0 Å². The molecular formula is C20H23ClN6O3. The number of carbonyl (C=O) groups is 1. The van der Waals surface area contributed by atoms with Crippen LogP contribution in [-0.4, -0.2) is 69.6 Å². The largest absolute Gasteiger partial charge is 0.477 e. The molecule has 2 aliphatic heterocycles. The van der Waals surface area contributed by atoms with Crippen molar-refractivity contribution >= 4 is 34.5 Å². The third-order valence-corrected chi connectivity index (χ3v) is 5.78. The molecule has 4 heterocycles. The summed E-state index contributed by atoms with van der Waals surface area (Å²) in [5.74, 6) is 0.541. The van der Waals surface area contributed by atoms with E-state index in [4.69, 9.17) is 21.1 Å². The second-order valence-corrected chi connectivity index (χ2v) is 7.75. The summed E-state index contributed by atoms with van der Waals surface area (Å²) in [6.07, 6.45) is 0.837. The monoisotopic (exact) mass is 430 g/mol. The molecule has 0 unspecified atom stereocenters. The highest BCUT2D eigenvalue weighted by atomic mass is 35.5. The zero-order valence-electron chi connectivity index (χ0n) is 16.5. The molecule has 0 bridgehead atoms. The fraction of sp³-hybridized carbons (Fsp3) is 0.450. The van der Waals surface area contributed by atoms with Crippen LogP contribution in [0.2, 0.25) is 5.02 Å². The van der Waals surface area contributed by atoms with Crippen molar-refractivity contribution in [3.05, 3.63) is 35.0 Å². The van der Waals surface area contributed by atoms with Crippen LogP contribution in [-0.2, 0) is 17.8 Å². The lowest BCUT2D eigenvalue weighted by molar-refractivity contribution is 0.0366. The van der Waals surface area contributed by atoms with Gasteiger partial charge in [0.15, 0.2) is 5.69 Å². The molecule has 5 rings (SSSR count). The maximum absolute atomic E-state index is 13.0. The van der Waals surface area contributed by atoms with E-state index in [0.29, 0.717) is 31.5 Å². The molecule has 3 aromatic rings. The molecule has 30 heavy (non-hydrogen) atoms. The van der Waals surface area contributed by atoms with Crippen molar-refractivity contribution in [2.24, 2.45) is 0 Å². The van der Waals surface area contributed by atoms with E-state index in [9.17, 15) is 4.79 Å². The van der Waals surface area contributed by atoms with Gasteiger partial charge in [0.2, 0.25) is 11.8 Å². The molecule has 2 aromatic heterocycles. The number of carbonyl (C=O) groups excluding carboxylic acids is 1. The standard InChI is InChI=1S/C20H23ClN6O3/c21-16-17(24-27-6-3-11-30-19(16)27)18(28)23-20-22-14-4-1-2-5-15(14)26(20)8-7-25-9-12-29-13-10-25/h1-2,4-5H,3,6-13H2,(H,22,23,28). The van der Waals surface area contributed by atoms with Crippen molar-refractivity contribution in [2.75, 3.05) is 44.8 Å². The number of ether oxygens (including phenoxy) is 2. The normalized spacial score (nSPS) is 17.0. The van der Waals surface area contributed by atoms with E-state index in [-0.39, 0.29) is 10.7 Å². The second-order valence-electron chi connectivity index (χ2n) is 7.38. The van der Waals surface area contributed by atoms with Gasteiger partial charge in [-0.05, 0) is 12.1 Å². The van der Waals surface area contributed by atoms with E-state index in [1.54, 1.807) is 4.68 Å². The molecule has 1 aromatic carbocycles. The van der Waals surface area contributed by atoms with Crippen LogP contribution in [0.4, 0.5) is 5.95 Å². The molecule has 2 aliphatic rings. The summed E-state index contributed by atoms with van der Waals surface area (Å²) < 4.78 is 14.7. The van der Waals surface area contributed by atoms with Crippen LogP contribution in [0.3, 0.4) is 0 Å². The van der Waals surface area contributed by atoms with Crippen LogP contribution in [0.5, 0.6) is 5.88 Å². The topological polar surface area (TPSA) is 86.4 Å². The number of hydrogen-bond acceptors (Lipinski definition) is 6. The molecule has 1 saturated heterocycles. The van der Waals surface area contributed by atoms with Crippen molar-refractivity contribution in [1.29, 1.82) is 0 Å². The first-order valence-corrected chi connectivity index (χ1v) is 10.5. The van der Waals surface area contributed by atoms with E-state index in [2.05, 4.69) is 20.3 Å². The van der Waals surface area contributed by atoms with Crippen molar-refractivity contribution in [1.82, 2.24) is 24.2 Å². The van der Waals surface area contributed by atoms with Crippen LogP contribution in [0.1, 0.15) is 16.9 Å². The van der Waals surface area contributed by atoms with Gasteiger partial charge in [0.1, 0.15) is 5.02 Å². The van der Waals surface area contributed by atoms with Gasteiger partial charge in [-0.25, -0.2) is 9.67 Å². The molecule has 0 saturated carbocycles. The van der Waals surface area contributed by atoms with Crippen molar-refractivity contribution in [2.45, 2.75) is 19.5 Å². The summed E-state index contributed by atoms with van der Waals surface area (Å²) in [6.45, 7) is 6.12. The Labute approximate surface area is 178 Å². The third-order valence-electron chi connectivity index (χ3n) is 5.44. The highest BCUT2D eigenvalue weighted by Gasteiger charge is 2.26. The summed E-state index contributed by atoms with van der Waals surface area (Å²) in [5, 5.41) is 7.48. The van der Waals surface area contributed by atoms with Gasteiger partial charge >= 0.3 is 0 Å². The molecular weight excluding hydrogens is 408 g/mol. The quantitative estimate of drug-likeness (QED) is 0.668. The number of nitrogens with one attached hydrogen (secondary N) is 1. The number of nitrogens with zero attached hydrogens (tertiary/aromatic N) is 5. The zero-order valence-corrected chi connectivity index (χ0v) is 17.3. The second kappa shape index (κ2) is 8.25. The van der Waals surface area contributed by atoms with Crippen LogP contribution in [0, 0.1) is 0 Å². The lowest BCUT2D eigenvalue weighted by Gasteiger charge is -2.26. The van der Waals surface area contributed by atoms with Crippen LogP contribution >= 0.6 is 11.6 Å². The van der Waals surface area contributed by atoms with Crippen molar-refractivity contribution in [3.63, 3.8) is 0 Å². The van der Waals surface area contributed by atoms with Gasteiger partial charge in [0.25, 0.3) is 5.91 Å². The summed E-state index contributed by atoms with van der Waals surface area (Å²) in [4.78, 5) is 20.0. The Morgan fingerprint density at radius 1 is 1.13 bits per heavy atom. The molecule has 10 heteroatoms. The maximum atomic E-state index is 13.0. The Morgan fingerprint density at radius 2 is 1.97 bits per heavy atom. The Kier molecular flexibility index (Phi) is 5.32. The molecule has 0 spiro atoms. The fourth-order valence-electron chi connectivity index (χ4n) is 3.87. The number of hydrogen-bond donors (Lipinski definition) is 1. The molecule has 0 radical (unpaired) electrons. The summed E-state index contributed by atoms with van der Waals surface area (Å²) in [7, 11) is 0. The number of fused-ring (bicyclic) bond motifs is 2. The number of halogens is 1. The average Bonchev–Trinajstić information content (AvgIpc) is 3.30. The predicted octanol–water partition coefficient (Wildman–Crippen LogP) is 2.25. The number of morpholine rings is 1. The molecule has 1 N–H and O–H groups in total. The van der Waals surface area contributed by atoms with Crippen LogP contribution in [0.25, 0.3) is 11.0 Å². The molecule has 158 valence electrons. The first kappa shape index (κ1) is 19.3. The number of benzene rings is 1. The third kappa shape index (κ3) is 3.64. The first-order chi connectivity index (χ1) is 14.7. The molecule has 1 fully saturated rings. The smallest absolute Gasteiger partial charge is 0.280 e. The van der Waals surface area contributed by atoms with Gasteiger partial charge < -0.3 is 14.0 Å². The number of anilines is 1. The summed E-state index contributed by atoms with van der Waals surface area (Å²) in [5.41, 5.74) is 1.95. The number of amides is 1. The van der Waals surface area contributed by atoms with E-state index < -0.39 is 5.91 Å². The number of rotatable bonds is 5. The Bertz CT molecular complexity index is 1070. The van der Waals surface area contributed by atoms with Gasteiger partial charge in [0.05, 0.1) is 30.9 Å². The Balaban J connectivity index is 1.41. The molecule has 1 amide bonds. The zero-order chi connectivity index (χ0) is 20.5. The molecule has 0 aliphatic carbocycles. The van der Waals surface area contributed by atoms with Crippen LogP contribution < -0.4 is 10.1 Å². The van der Waals surface area contributed by atoms with E-state index in [1.165, 1.54) is 0 Å². The van der Waals surface area contributed by atoms with Gasteiger partial charge in [-0.2, -0.15) is 5.10 Å². The number of imidazole rings is 1. The Morgan fingerprint density at radius 3 is 2.80 bits per heavy atom. The highest BCUT2D eigenvalue weighted by molar-refractivity contribution is 6.35. The minimum Gasteiger partial charge on any atom is -0.477 e. The Hall–Kier alpha value is -2.62. The van der Waals surface area contributed by atoms with Gasteiger partial charge in [0, 0.05) is 39.1 Å². The number of para-hydroxylation sites is 2. The van der Waals surface area contributed by atoms with E-state index in [0.717, 1.165) is 50.3 Å². The molecule has 9 nitrogen and oxygen atoms in total. The van der Waals surface area contributed by atoms with Crippen molar-refractivity contribution < 1.29 is 14.3 Å².